The van der Waals surface area contributed by atoms with E-state index < -0.39 is 0 Å². The third kappa shape index (κ3) is 4.88. The van der Waals surface area contributed by atoms with Crippen molar-refractivity contribution in [3.05, 3.63) is 65.7 Å². The zero-order valence-corrected chi connectivity index (χ0v) is 14.9. The van der Waals surface area contributed by atoms with Crippen LogP contribution in [0.4, 0.5) is 4.39 Å². The second-order valence-corrected chi connectivity index (χ2v) is 7.12. The summed E-state index contributed by atoms with van der Waals surface area (Å²) in [5.74, 6) is 0.506. The fourth-order valence-electron chi connectivity index (χ4n) is 3.81. The molecule has 3 rings (SSSR count). The topological polar surface area (TPSA) is 68.0 Å². The molecule has 4 nitrogen and oxygen atoms in total. The molecule has 1 unspecified atom stereocenters. The highest BCUT2D eigenvalue weighted by atomic mass is 19.1. The van der Waals surface area contributed by atoms with Crippen LogP contribution >= 0.6 is 0 Å². The molecule has 138 valence electrons. The molecule has 3 N–H and O–H groups in total. The quantitative estimate of drug-likeness (QED) is 0.835. The molecule has 26 heavy (non-hydrogen) atoms. The first-order valence-corrected chi connectivity index (χ1v) is 9.30. The molecule has 1 heterocycles. The summed E-state index contributed by atoms with van der Waals surface area (Å²) in [5, 5.41) is 3.15. The first-order chi connectivity index (χ1) is 12.7. The van der Waals surface area contributed by atoms with Crippen molar-refractivity contribution >= 4 is 5.91 Å². The highest BCUT2D eigenvalue weighted by Crippen LogP contribution is 2.36. The zero-order chi connectivity index (χ0) is 18.4. The molecule has 1 atom stereocenters. The fourth-order valence-corrected chi connectivity index (χ4v) is 3.81. The van der Waals surface area contributed by atoms with E-state index in [-0.39, 0.29) is 24.2 Å². The molecule has 0 spiro atoms. The Kier molecular flexibility index (Phi) is 6.34. The number of aromatic nitrogens is 1. The monoisotopic (exact) mass is 355 g/mol. The van der Waals surface area contributed by atoms with Gasteiger partial charge in [-0.3, -0.25) is 9.78 Å². The number of carbonyl (C=O) groups is 1. The first-order valence-electron chi connectivity index (χ1n) is 9.30. The number of pyridine rings is 1. The van der Waals surface area contributed by atoms with E-state index in [4.69, 9.17) is 5.73 Å². The Hall–Kier alpha value is -2.27. The lowest BCUT2D eigenvalue weighted by molar-refractivity contribution is -0.121. The van der Waals surface area contributed by atoms with Crippen molar-refractivity contribution in [2.45, 2.75) is 38.1 Å². The molecule has 1 aliphatic carbocycles. The third-order valence-electron chi connectivity index (χ3n) is 5.27. The maximum atomic E-state index is 13.4. The Morgan fingerprint density at radius 1 is 1.19 bits per heavy atom. The summed E-state index contributed by atoms with van der Waals surface area (Å²) >= 11 is 0. The molecule has 0 aliphatic heterocycles. The van der Waals surface area contributed by atoms with Crippen molar-refractivity contribution in [1.82, 2.24) is 10.3 Å². The minimum absolute atomic E-state index is 0.104. The number of rotatable bonds is 6. The van der Waals surface area contributed by atoms with Crippen molar-refractivity contribution in [3.8, 4) is 0 Å². The average molecular weight is 355 g/mol. The number of carbonyl (C=O) groups excluding carboxylic acids is 1. The molecule has 1 fully saturated rings. The van der Waals surface area contributed by atoms with E-state index in [9.17, 15) is 9.18 Å². The van der Waals surface area contributed by atoms with Crippen LogP contribution in [0.15, 0.2) is 48.7 Å². The summed E-state index contributed by atoms with van der Waals surface area (Å²) in [6.45, 7) is 0.729. The molecule has 1 aromatic carbocycles. The van der Waals surface area contributed by atoms with E-state index in [1.54, 1.807) is 18.3 Å². The lowest BCUT2D eigenvalue weighted by Crippen LogP contribution is -2.37. The van der Waals surface area contributed by atoms with E-state index >= 15 is 0 Å². The van der Waals surface area contributed by atoms with Gasteiger partial charge in [0.15, 0.2) is 0 Å². The smallest absolute Gasteiger partial charge is 0.224 e. The van der Waals surface area contributed by atoms with Crippen LogP contribution < -0.4 is 11.1 Å². The van der Waals surface area contributed by atoms with Crippen molar-refractivity contribution in [1.29, 1.82) is 0 Å². The van der Waals surface area contributed by atoms with Crippen LogP contribution in [-0.4, -0.2) is 17.4 Å². The van der Waals surface area contributed by atoms with Crippen LogP contribution in [0, 0.1) is 17.7 Å². The Bertz CT molecular complexity index is 714. The van der Waals surface area contributed by atoms with Crippen molar-refractivity contribution in [2.24, 2.45) is 17.6 Å². The Labute approximate surface area is 154 Å². The first kappa shape index (κ1) is 18.5. The Morgan fingerprint density at radius 2 is 2.00 bits per heavy atom. The number of nitrogens with one attached hydrogen (secondary N) is 1. The predicted molar refractivity (Wildman–Crippen MR) is 99.7 cm³/mol. The number of nitrogens with two attached hydrogens (primary N) is 1. The van der Waals surface area contributed by atoms with Gasteiger partial charge in [0, 0.05) is 6.20 Å². The summed E-state index contributed by atoms with van der Waals surface area (Å²) < 4.78 is 13.4. The number of hydrogen-bond donors (Lipinski definition) is 2. The summed E-state index contributed by atoms with van der Waals surface area (Å²) in [6, 6.07) is 11.8. The number of nitrogens with zero attached hydrogens (tertiary/aromatic N) is 1. The van der Waals surface area contributed by atoms with Gasteiger partial charge >= 0.3 is 0 Å². The number of benzene rings is 1. The van der Waals surface area contributed by atoms with E-state index in [1.165, 1.54) is 12.1 Å². The summed E-state index contributed by atoms with van der Waals surface area (Å²) in [7, 11) is 0. The second-order valence-electron chi connectivity index (χ2n) is 7.12. The number of halogens is 1. The molecule has 1 aromatic heterocycles. The summed E-state index contributed by atoms with van der Waals surface area (Å²) in [6.07, 6.45) is 6.16. The van der Waals surface area contributed by atoms with Gasteiger partial charge in [0.05, 0.1) is 18.2 Å². The molecule has 1 saturated carbocycles. The van der Waals surface area contributed by atoms with Crippen molar-refractivity contribution < 1.29 is 9.18 Å². The highest BCUT2D eigenvalue weighted by molar-refractivity contribution is 5.79. The van der Waals surface area contributed by atoms with Crippen LogP contribution in [0.3, 0.4) is 0 Å². The molecular formula is C21H26FN3O. The SMILES string of the molecule is NCC1CCC(C(NC(=O)Cc2cccc(F)c2)c2ccccn2)CC1. The number of amides is 1. The van der Waals surface area contributed by atoms with E-state index in [1.807, 2.05) is 18.2 Å². The normalized spacial score (nSPS) is 21.2. The second kappa shape index (κ2) is 8.90. The van der Waals surface area contributed by atoms with E-state index in [0.29, 0.717) is 17.4 Å². The largest absolute Gasteiger partial charge is 0.347 e. The van der Waals surface area contributed by atoms with Gasteiger partial charge < -0.3 is 11.1 Å². The highest BCUT2D eigenvalue weighted by Gasteiger charge is 2.30. The predicted octanol–water partition coefficient (Wildman–Crippen LogP) is 3.39. The maximum absolute atomic E-state index is 13.4. The van der Waals surface area contributed by atoms with Crippen LogP contribution in [0.25, 0.3) is 0 Å². The zero-order valence-electron chi connectivity index (χ0n) is 14.9. The van der Waals surface area contributed by atoms with Crippen LogP contribution in [0.2, 0.25) is 0 Å². The lowest BCUT2D eigenvalue weighted by Gasteiger charge is -2.33. The van der Waals surface area contributed by atoms with Gasteiger partial charge in [0.2, 0.25) is 5.91 Å². The van der Waals surface area contributed by atoms with Crippen LogP contribution in [0.5, 0.6) is 0 Å². The third-order valence-corrected chi connectivity index (χ3v) is 5.27. The molecule has 1 amide bonds. The molecule has 2 aromatic rings. The van der Waals surface area contributed by atoms with Crippen molar-refractivity contribution in [2.75, 3.05) is 6.54 Å². The minimum Gasteiger partial charge on any atom is -0.347 e. The molecule has 0 radical (unpaired) electrons. The van der Waals surface area contributed by atoms with Gasteiger partial charge in [-0.1, -0.05) is 18.2 Å². The molecule has 0 saturated heterocycles. The molecule has 1 aliphatic rings. The van der Waals surface area contributed by atoms with E-state index in [0.717, 1.165) is 37.9 Å². The summed E-state index contributed by atoms with van der Waals surface area (Å²) in [5.41, 5.74) is 7.36. The lowest BCUT2D eigenvalue weighted by atomic mass is 9.77. The van der Waals surface area contributed by atoms with E-state index in [2.05, 4.69) is 10.3 Å². The standard InChI is InChI=1S/C21H26FN3O/c22-18-5-3-4-16(12-18)13-20(26)25-21(19-6-1-2-11-24-19)17-9-7-15(14-23)8-10-17/h1-6,11-12,15,17,21H,7-10,13-14,23H2,(H,25,26). The molecule has 5 heteroatoms. The van der Waals surface area contributed by atoms with Gasteiger partial charge in [0.1, 0.15) is 5.82 Å². The molecule has 0 bridgehead atoms. The van der Waals surface area contributed by atoms with Crippen LogP contribution in [-0.2, 0) is 11.2 Å². The van der Waals surface area contributed by atoms with Gasteiger partial charge in [0.25, 0.3) is 0 Å². The Balaban J connectivity index is 1.70. The van der Waals surface area contributed by atoms with Gasteiger partial charge in [-0.2, -0.15) is 0 Å². The summed E-state index contributed by atoms with van der Waals surface area (Å²) in [4.78, 5) is 17.1. The van der Waals surface area contributed by atoms with Crippen molar-refractivity contribution in [3.63, 3.8) is 0 Å². The van der Waals surface area contributed by atoms with Crippen LogP contribution in [0.1, 0.15) is 43.0 Å². The van der Waals surface area contributed by atoms with Gasteiger partial charge in [-0.05, 0) is 73.9 Å². The number of hydrogen-bond acceptors (Lipinski definition) is 3. The molecular weight excluding hydrogens is 329 g/mol. The van der Waals surface area contributed by atoms with Gasteiger partial charge in [-0.15, -0.1) is 0 Å². The Morgan fingerprint density at radius 3 is 2.65 bits per heavy atom. The average Bonchev–Trinajstić information content (AvgIpc) is 2.67. The minimum atomic E-state index is -0.323. The van der Waals surface area contributed by atoms with Gasteiger partial charge in [-0.25, -0.2) is 4.39 Å². The maximum Gasteiger partial charge on any atom is 0.224 e. The fraction of sp³-hybridized carbons (Fsp3) is 0.429.